The van der Waals surface area contributed by atoms with E-state index in [4.69, 9.17) is 8.92 Å². The highest BCUT2D eigenvalue weighted by molar-refractivity contribution is 7.86. The van der Waals surface area contributed by atoms with Gasteiger partial charge in [0.25, 0.3) is 10.1 Å². The molecule has 8 heteroatoms. The number of fused-ring (bicyclic) bond motifs is 5. The van der Waals surface area contributed by atoms with E-state index in [1.807, 2.05) is 6.92 Å². The molecular formula is C22H29FO6S. The van der Waals surface area contributed by atoms with E-state index in [-0.39, 0.29) is 18.1 Å². The van der Waals surface area contributed by atoms with Gasteiger partial charge in [0.1, 0.15) is 6.10 Å². The summed E-state index contributed by atoms with van der Waals surface area (Å²) in [5, 5.41) is 0. The third-order valence-corrected chi connectivity index (χ3v) is 8.71. The van der Waals surface area contributed by atoms with Gasteiger partial charge in [0.15, 0.2) is 11.5 Å². The van der Waals surface area contributed by atoms with Gasteiger partial charge < -0.3 is 4.74 Å². The average molecular weight is 441 g/mol. The summed E-state index contributed by atoms with van der Waals surface area (Å²) in [5.74, 6) is -1.28. The van der Waals surface area contributed by atoms with Gasteiger partial charge in [-0.3, -0.25) is 13.8 Å². The Kier molecular flexibility index (Phi) is 4.86. The SMILES string of the molecule is CC(=O)O[C@H]1C[C@]2(C)[C@@H](OS(C)(=O)=O)CC[C@H]2[C@@H]2CCC3=CC(=O)C=C[C@]3(C)[C@@]12F. The zero-order valence-corrected chi connectivity index (χ0v) is 18.6. The number of ketones is 1. The van der Waals surface area contributed by atoms with Gasteiger partial charge in [-0.05, 0) is 57.1 Å². The van der Waals surface area contributed by atoms with E-state index in [2.05, 4.69) is 0 Å². The Morgan fingerprint density at radius 1 is 1.17 bits per heavy atom. The Hall–Kier alpha value is -1.54. The highest BCUT2D eigenvalue weighted by Crippen LogP contribution is 2.68. The van der Waals surface area contributed by atoms with E-state index in [0.29, 0.717) is 25.7 Å². The molecular weight excluding hydrogens is 411 g/mol. The second-order valence-corrected chi connectivity index (χ2v) is 11.4. The first-order valence-electron chi connectivity index (χ1n) is 10.5. The van der Waals surface area contributed by atoms with Crippen molar-refractivity contribution < 1.29 is 31.3 Å². The molecule has 0 radical (unpaired) electrons. The van der Waals surface area contributed by atoms with Crippen LogP contribution in [-0.2, 0) is 28.6 Å². The molecule has 4 aliphatic rings. The summed E-state index contributed by atoms with van der Waals surface area (Å²) in [4.78, 5) is 23.9. The van der Waals surface area contributed by atoms with E-state index in [1.54, 1.807) is 13.0 Å². The summed E-state index contributed by atoms with van der Waals surface area (Å²) < 4.78 is 52.0. The molecule has 4 aliphatic carbocycles. The summed E-state index contributed by atoms with van der Waals surface area (Å²) in [5.41, 5.74) is -2.84. The summed E-state index contributed by atoms with van der Waals surface area (Å²) in [6.45, 7) is 4.98. The van der Waals surface area contributed by atoms with Gasteiger partial charge in [-0.25, -0.2) is 4.39 Å². The van der Waals surface area contributed by atoms with Crippen LogP contribution in [0.4, 0.5) is 4.39 Å². The highest BCUT2D eigenvalue weighted by atomic mass is 32.2. The van der Waals surface area contributed by atoms with Gasteiger partial charge in [0.2, 0.25) is 0 Å². The minimum absolute atomic E-state index is 0.106. The summed E-state index contributed by atoms with van der Waals surface area (Å²) >= 11 is 0. The minimum atomic E-state index is -3.68. The molecule has 0 bridgehead atoms. The number of ether oxygens (including phenoxy) is 1. The third kappa shape index (κ3) is 3.01. The second-order valence-electron chi connectivity index (χ2n) is 9.80. The molecule has 0 spiro atoms. The Balaban J connectivity index is 1.81. The number of allylic oxidation sites excluding steroid dienone is 4. The smallest absolute Gasteiger partial charge is 0.303 e. The molecule has 166 valence electrons. The summed E-state index contributed by atoms with van der Waals surface area (Å²) in [6, 6.07) is 0. The van der Waals surface area contributed by atoms with E-state index in [0.717, 1.165) is 11.8 Å². The fourth-order valence-electron chi connectivity index (χ4n) is 6.82. The second kappa shape index (κ2) is 6.73. The van der Waals surface area contributed by atoms with Gasteiger partial charge in [0.05, 0.1) is 12.4 Å². The lowest BCUT2D eigenvalue weighted by atomic mass is 9.45. The number of carbonyl (C=O) groups is 2. The largest absolute Gasteiger partial charge is 0.459 e. The van der Waals surface area contributed by atoms with Crippen LogP contribution >= 0.6 is 0 Å². The summed E-state index contributed by atoms with van der Waals surface area (Å²) in [6.07, 6.45) is 6.38. The van der Waals surface area contributed by atoms with Crippen LogP contribution in [-0.4, -0.2) is 44.3 Å². The number of esters is 1. The predicted octanol–water partition coefficient (Wildman–Crippen LogP) is 3.27. The maximum absolute atomic E-state index is 17.3. The lowest BCUT2D eigenvalue weighted by molar-refractivity contribution is -0.215. The van der Waals surface area contributed by atoms with Gasteiger partial charge in [-0.15, -0.1) is 0 Å². The third-order valence-electron chi connectivity index (χ3n) is 8.13. The standard InChI is InChI=1S/C22H29FO6S/c1-13(24)28-19-12-20(2)16(7-8-18(20)29-30(4,26)27)17-6-5-14-11-15(25)9-10-21(14,3)22(17,19)23/h9-11,16-19H,5-8,12H2,1-4H3/t16-,17-,18-,19-,20-,21-,22-/m0/s1. The van der Waals surface area contributed by atoms with E-state index < -0.39 is 50.7 Å². The molecule has 0 saturated heterocycles. The number of carbonyl (C=O) groups excluding carboxylic acids is 2. The van der Waals surface area contributed by atoms with Gasteiger partial charge in [0, 0.05) is 23.7 Å². The van der Waals surface area contributed by atoms with E-state index in [9.17, 15) is 18.0 Å². The zero-order chi connectivity index (χ0) is 22.1. The lowest BCUT2D eigenvalue weighted by Gasteiger charge is -2.62. The Labute approximate surface area is 177 Å². The Morgan fingerprint density at radius 3 is 2.50 bits per heavy atom. The first-order chi connectivity index (χ1) is 13.8. The van der Waals surface area contributed by atoms with Gasteiger partial charge in [-0.1, -0.05) is 18.6 Å². The highest BCUT2D eigenvalue weighted by Gasteiger charge is 2.72. The topological polar surface area (TPSA) is 86.7 Å². The zero-order valence-electron chi connectivity index (χ0n) is 17.8. The van der Waals surface area contributed by atoms with E-state index in [1.165, 1.54) is 19.1 Å². The number of hydrogen-bond acceptors (Lipinski definition) is 6. The summed E-state index contributed by atoms with van der Waals surface area (Å²) in [7, 11) is -3.68. The molecule has 0 N–H and O–H groups in total. The molecule has 3 fully saturated rings. The van der Waals surface area contributed by atoms with Crippen LogP contribution in [0.3, 0.4) is 0 Å². The first-order valence-corrected chi connectivity index (χ1v) is 12.3. The molecule has 3 saturated carbocycles. The molecule has 6 nitrogen and oxygen atoms in total. The Morgan fingerprint density at radius 2 is 1.87 bits per heavy atom. The molecule has 0 unspecified atom stereocenters. The normalized spacial score (nSPS) is 45.2. The van der Waals surface area contributed by atoms with Crippen LogP contribution in [0, 0.1) is 22.7 Å². The number of alkyl halides is 1. The van der Waals surface area contributed by atoms with Crippen LogP contribution in [0.5, 0.6) is 0 Å². The van der Waals surface area contributed by atoms with Crippen molar-refractivity contribution >= 4 is 21.9 Å². The van der Waals surface area contributed by atoms with Crippen molar-refractivity contribution in [3.63, 3.8) is 0 Å². The fourth-order valence-corrected chi connectivity index (χ4v) is 7.56. The fraction of sp³-hybridized carbons (Fsp3) is 0.727. The van der Waals surface area contributed by atoms with Crippen molar-refractivity contribution in [2.24, 2.45) is 22.7 Å². The van der Waals surface area contributed by atoms with Crippen LogP contribution in [0.25, 0.3) is 0 Å². The number of halogens is 1. The quantitative estimate of drug-likeness (QED) is 0.495. The Bertz CT molecular complexity index is 955. The lowest BCUT2D eigenvalue weighted by Crippen LogP contribution is -2.67. The van der Waals surface area contributed by atoms with Gasteiger partial charge >= 0.3 is 5.97 Å². The van der Waals surface area contributed by atoms with E-state index >= 15 is 4.39 Å². The van der Waals surface area contributed by atoms with Crippen molar-refractivity contribution in [3.8, 4) is 0 Å². The van der Waals surface area contributed by atoms with Crippen LogP contribution in [0.1, 0.15) is 52.9 Å². The van der Waals surface area contributed by atoms with Crippen molar-refractivity contribution in [3.05, 3.63) is 23.8 Å². The molecule has 7 atom stereocenters. The van der Waals surface area contributed by atoms with Crippen molar-refractivity contribution in [2.45, 2.75) is 70.8 Å². The molecule has 0 aromatic carbocycles. The molecule has 0 amide bonds. The minimum Gasteiger partial charge on any atom is -0.459 e. The molecule has 0 aromatic rings. The molecule has 30 heavy (non-hydrogen) atoms. The van der Waals surface area contributed by atoms with Gasteiger partial charge in [-0.2, -0.15) is 8.42 Å². The van der Waals surface area contributed by atoms with Crippen LogP contribution in [0.2, 0.25) is 0 Å². The number of rotatable bonds is 3. The number of hydrogen-bond donors (Lipinski definition) is 0. The first kappa shape index (κ1) is 21.7. The van der Waals surface area contributed by atoms with Crippen molar-refractivity contribution in [1.29, 1.82) is 0 Å². The average Bonchev–Trinajstić information content (AvgIpc) is 2.91. The molecule has 0 aliphatic heterocycles. The molecule has 4 rings (SSSR count). The van der Waals surface area contributed by atoms with Crippen LogP contribution < -0.4 is 0 Å². The maximum atomic E-state index is 17.3. The molecule has 0 aromatic heterocycles. The van der Waals surface area contributed by atoms with Crippen molar-refractivity contribution in [2.75, 3.05) is 6.26 Å². The van der Waals surface area contributed by atoms with Crippen molar-refractivity contribution in [1.82, 2.24) is 0 Å². The predicted molar refractivity (Wildman–Crippen MR) is 108 cm³/mol. The molecule has 0 heterocycles. The maximum Gasteiger partial charge on any atom is 0.303 e. The monoisotopic (exact) mass is 440 g/mol. The van der Waals surface area contributed by atoms with Crippen LogP contribution in [0.15, 0.2) is 23.8 Å².